The van der Waals surface area contributed by atoms with Crippen LogP contribution in [0.3, 0.4) is 0 Å². The summed E-state index contributed by atoms with van der Waals surface area (Å²) < 4.78 is 12.0. The molecule has 30 heavy (non-hydrogen) atoms. The molecular weight excluding hydrogens is 386 g/mol. The summed E-state index contributed by atoms with van der Waals surface area (Å²) in [6.07, 6.45) is 0.780. The van der Waals surface area contributed by atoms with E-state index in [0.717, 1.165) is 34.2 Å². The maximum Gasteiger partial charge on any atom is 0.335 e. The smallest absolute Gasteiger partial charge is 0.335 e. The van der Waals surface area contributed by atoms with Crippen LogP contribution in [0, 0.1) is 6.92 Å². The summed E-state index contributed by atoms with van der Waals surface area (Å²) >= 11 is 0. The van der Waals surface area contributed by atoms with Gasteiger partial charge in [-0.25, -0.2) is 9.36 Å². The van der Waals surface area contributed by atoms with Crippen LogP contribution in [0.1, 0.15) is 28.3 Å². The van der Waals surface area contributed by atoms with Gasteiger partial charge in [0.05, 0.1) is 26.5 Å². The van der Waals surface area contributed by atoms with E-state index in [1.54, 1.807) is 32.4 Å². The lowest BCUT2D eigenvalue weighted by molar-refractivity contribution is -0.690. The molecule has 3 aromatic rings. The van der Waals surface area contributed by atoms with Gasteiger partial charge in [0.15, 0.2) is 11.5 Å². The van der Waals surface area contributed by atoms with Crippen molar-refractivity contribution in [2.45, 2.75) is 19.4 Å². The van der Waals surface area contributed by atoms with E-state index in [1.165, 1.54) is 0 Å². The second-order valence-corrected chi connectivity index (χ2v) is 7.33. The molecule has 1 aliphatic rings. The molecule has 0 bridgehead atoms. The van der Waals surface area contributed by atoms with Crippen molar-refractivity contribution in [3.05, 3.63) is 79.5 Å². The summed E-state index contributed by atoms with van der Waals surface area (Å²) in [4.78, 5) is 27.7. The number of nitrogens with one attached hydrogen (secondary N) is 1. The monoisotopic (exact) mass is 410 g/mol. The molecule has 4 rings (SSSR count). The maximum absolute atomic E-state index is 12.8. The van der Waals surface area contributed by atoms with Gasteiger partial charge in [0.2, 0.25) is 5.88 Å². The number of hydrogen-bond donors (Lipinski definition) is 3. The minimum atomic E-state index is -0.685. The second-order valence-electron chi connectivity index (χ2n) is 7.33. The number of H-pyrrole nitrogens is 1. The molecule has 0 unspecified atom stereocenters. The molecule has 0 saturated carbocycles. The van der Waals surface area contributed by atoms with Crippen LogP contribution in [0.4, 0.5) is 0 Å². The molecule has 0 spiro atoms. The molecule has 8 nitrogen and oxygen atoms in total. The Morgan fingerprint density at radius 2 is 1.87 bits per heavy atom. The van der Waals surface area contributed by atoms with E-state index in [4.69, 9.17) is 9.47 Å². The summed E-state index contributed by atoms with van der Waals surface area (Å²) in [5.74, 6) is 0.789. The van der Waals surface area contributed by atoms with Crippen molar-refractivity contribution in [1.82, 2.24) is 9.55 Å². The van der Waals surface area contributed by atoms with Crippen LogP contribution in [0.25, 0.3) is 5.69 Å². The molecule has 1 aromatic heterocycles. The Bertz CT molecular complexity index is 1230. The number of ether oxygens (including phenoxy) is 2. The van der Waals surface area contributed by atoms with Gasteiger partial charge < -0.3 is 19.9 Å². The molecule has 0 saturated heterocycles. The van der Waals surface area contributed by atoms with Crippen LogP contribution in [0.5, 0.6) is 17.4 Å². The van der Waals surface area contributed by atoms with Crippen LogP contribution < -0.4 is 26.0 Å². The first kappa shape index (κ1) is 19.8. The number of aryl methyl sites for hydroxylation is 1. The van der Waals surface area contributed by atoms with Gasteiger partial charge in [-0.05, 0) is 42.3 Å². The Morgan fingerprint density at radius 1 is 1.13 bits per heavy atom. The molecule has 4 N–H and O–H groups in total. The van der Waals surface area contributed by atoms with Crippen molar-refractivity contribution in [2.75, 3.05) is 20.8 Å². The third-order valence-electron chi connectivity index (χ3n) is 5.49. The lowest BCUT2D eigenvalue weighted by Crippen LogP contribution is -2.87. The minimum absolute atomic E-state index is 0.129. The van der Waals surface area contributed by atoms with Crippen LogP contribution in [-0.2, 0) is 6.42 Å². The number of nitrogens with two attached hydrogens (primary N) is 1. The molecule has 0 fully saturated rings. The fourth-order valence-electron chi connectivity index (χ4n) is 4.07. The number of nitrogens with zero attached hydrogens (tertiary/aromatic N) is 1. The molecule has 0 aliphatic carbocycles. The van der Waals surface area contributed by atoms with E-state index in [2.05, 4.69) is 4.98 Å². The fraction of sp³-hybridized carbons (Fsp3) is 0.273. The zero-order valence-corrected chi connectivity index (χ0v) is 17.1. The third-order valence-corrected chi connectivity index (χ3v) is 5.49. The van der Waals surface area contributed by atoms with Gasteiger partial charge in [-0.15, -0.1) is 0 Å². The number of aromatic amines is 1. The third kappa shape index (κ3) is 3.25. The SMILES string of the molecule is COc1cc2c(cc1OC)[C@H](c1c(O)n(-c3cccc(C)c3)c(=O)[nH]c1=O)[NH2+]CC2. The predicted octanol–water partition coefficient (Wildman–Crippen LogP) is 0.766. The second kappa shape index (κ2) is 7.72. The van der Waals surface area contributed by atoms with E-state index in [0.29, 0.717) is 17.2 Å². The average Bonchev–Trinajstić information content (AvgIpc) is 2.72. The topological polar surface area (TPSA) is 110 Å². The molecular formula is C22H24N3O5+. The first-order valence-electron chi connectivity index (χ1n) is 9.68. The number of quaternary nitrogens is 1. The largest absolute Gasteiger partial charge is 0.494 e. The first-order chi connectivity index (χ1) is 14.4. The van der Waals surface area contributed by atoms with E-state index in [1.807, 2.05) is 30.4 Å². The zero-order valence-electron chi connectivity index (χ0n) is 17.1. The van der Waals surface area contributed by atoms with Crippen LogP contribution >= 0.6 is 0 Å². The Hall–Kier alpha value is -3.52. The molecule has 156 valence electrons. The molecule has 1 atom stereocenters. The Balaban J connectivity index is 1.94. The van der Waals surface area contributed by atoms with E-state index in [9.17, 15) is 14.7 Å². The zero-order chi connectivity index (χ0) is 21.4. The lowest BCUT2D eigenvalue weighted by atomic mass is 9.90. The number of aromatic nitrogens is 2. The van der Waals surface area contributed by atoms with E-state index >= 15 is 0 Å². The first-order valence-corrected chi connectivity index (χ1v) is 9.68. The van der Waals surface area contributed by atoms with Crippen molar-refractivity contribution in [1.29, 1.82) is 0 Å². The normalized spacial score (nSPS) is 15.5. The van der Waals surface area contributed by atoms with Gasteiger partial charge in [0, 0.05) is 12.0 Å². The van der Waals surface area contributed by atoms with Gasteiger partial charge in [0.25, 0.3) is 5.56 Å². The molecule has 2 heterocycles. The Morgan fingerprint density at radius 3 is 2.57 bits per heavy atom. The molecule has 2 aromatic carbocycles. The highest BCUT2D eigenvalue weighted by Gasteiger charge is 2.33. The van der Waals surface area contributed by atoms with Crippen LogP contribution in [-0.4, -0.2) is 35.4 Å². The number of benzene rings is 2. The average molecular weight is 410 g/mol. The van der Waals surface area contributed by atoms with Crippen molar-refractivity contribution in [2.24, 2.45) is 0 Å². The standard InChI is InChI=1S/C22H23N3O5/c1-12-5-4-6-14(9-12)25-21(27)18(20(26)24-22(25)28)19-15-11-17(30-3)16(29-2)10-13(15)7-8-23-19/h4-6,9-11,19,23,27H,7-8H2,1-3H3,(H,24,26,28)/p+1/t19-/m1/s1. The van der Waals surface area contributed by atoms with E-state index < -0.39 is 17.3 Å². The van der Waals surface area contributed by atoms with Crippen molar-refractivity contribution >= 4 is 0 Å². The van der Waals surface area contributed by atoms with Crippen molar-refractivity contribution in [3.8, 4) is 23.1 Å². The molecule has 8 heteroatoms. The number of rotatable bonds is 4. The van der Waals surface area contributed by atoms with Gasteiger partial charge >= 0.3 is 5.69 Å². The lowest BCUT2D eigenvalue weighted by Gasteiger charge is -2.26. The molecule has 1 aliphatic heterocycles. The van der Waals surface area contributed by atoms with Gasteiger partial charge in [-0.1, -0.05) is 12.1 Å². The number of hydrogen-bond acceptors (Lipinski definition) is 5. The number of methoxy groups -OCH3 is 2. The number of fused-ring (bicyclic) bond motifs is 1. The summed E-state index contributed by atoms with van der Waals surface area (Å²) in [6, 6.07) is 10.4. The van der Waals surface area contributed by atoms with Crippen LogP contribution in [0.15, 0.2) is 46.0 Å². The minimum Gasteiger partial charge on any atom is -0.494 e. The predicted molar refractivity (Wildman–Crippen MR) is 111 cm³/mol. The van der Waals surface area contributed by atoms with Gasteiger partial charge in [0.1, 0.15) is 11.6 Å². The summed E-state index contributed by atoms with van der Waals surface area (Å²) in [6.45, 7) is 2.61. The highest BCUT2D eigenvalue weighted by Crippen LogP contribution is 2.36. The summed E-state index contributed by atoms with van der Waals surface area (Å²) in [7, 11) is 3.12. The summed E-state index contributed by atoms with van der Waals surface area (Å²) in [5, 5.41) is 13.0. The highest BCUT2D eigenvalue weighted by atomic mass is 16.5. The quantitative estimate of drug-likeness (QED) is 0.588. The Labute approximate surface area is 172 Å². The summed E-state index contributed by atoms with van der Waals surface area (Å²) in [5.41, 5.74) is 2.10. The van der Waals surface area contributed by atoms with Crippen molar-refractivity contribution in [3.63, 3.8) is 0 Å². The highest BCUT2D eigenvalue weighted by molar-refractivity contribution is 5.51. The fourth-order valence-corrected chi connectivity index (χ4v) is 4.07. The Kier molecular flexibility index (Phi) is 5.09. The van der Waals surface area contributed by atoms with Crippen LogP contribution in [0.2, 0.25) is 0 Å². The van der Waals surface area contributed by atoms with Gasteiger partial charge in [-0.3, -0.25) is 9.78 Å². The van der Waals surface area contributed by atoms with Gasteiger partial charge in [-0.2, -0.15) is 0 Å². The van der Waals surface area contributed by atoms with E-state index in [-0.39, 0.29) is 11.4 Å². The molecule has 0 radical (unpaired) electrons. The van der Waals surface area contributed by atoms with Crippen molar-refractivity contribution < 1.29 is 19.9 Å². The maximum atomic E-state index is 12.8. The molecule has 0 amide bonds. The number of aromatic hydroxyl groups is 1.